The summed E-state index contributed by atoms with van der Waals surface area (Å²) >= 11 is 0. The third-order valence-corrected chi connectivity index (χ3v) is 3.29. The van der Waals surface area contributed by atoms with Gasteiger partial charge < -0.3 is 0 Å². The lowest BCUT2D eigenvalue weighted by molar-refractivity contribution is -0.385. The summed E-state index contributed by atoms with van der Waals surface area (Å²) in [6.45, 7) is -1.01. The minimum absolute atomic E-state index is 0.0516. The Morgan fingerprint density at radius 1 is 1.33 bits per heavy atom. The molecular formula is C9H10F2N2O4S. The average molecular weight is 280 g/mol. The molecule has 0 atom stereocenters. The lowest BCUT2D eigenvalue weighted by Gasteiger charge is -2.06. The summed E-state index contributed by atoms with van der Waals surface area (Å²) in [6.07, 6.45) is -2.81. The molecule has 0 aliphatic rings. The molecule has 1 N–H and O–H groups in total. The quantitative estimate of drug-likeness (QED) is 0.628. The highest BCUT2D eigenvalue weighted by Crippen LogP contribution is 2.19. The average Bonchev–Trinajstić information content (AvgIpc) is 2.26. The number of rotatable bonds is 6. The van der Waals surface area contributed by atoms with Crippen molar-refractivity contribution in [2.24, 2.45) is 0 Å². The van der Waals surface area contributed by atoms with Crippen molar-refractivity contribution in [3.05, 3.63) is 39.9 Å². The van der Waals surface area contributed by atoms with Crippen LogP contribution >= 0.6 is 0 Å². The molecule has 1 aromatic rings. The number of hydrogen-bond donors (Lipinski definition) is 1. The van der Waals surface area contributed by atoms with Crippen molar-refractivity contribution >= 4 is 15.7 Å². The van der Waals surface area contributed by atoms with Gasteiger partial charge in [-0.2, -0.15) is 0 Å². The van der Waals surface area contributed by atoms with Gasteiger partial charge in [-0.25, -0.2) is 21.9 Å². The maximum Gasteiger partial charge on any atom is 0.273 e. The molecule has 0 aliphatic heterocycles. The molecule has 0 unspecified atom stereocenters. The summed E-state index contributed by atoms with van der Waals surface area (Å²) in [5.74, 6) is -0.711. The number of hydrogen-bond acceptors (Lipinski definition) is 4. The van der Waals surface area contributed by atoms with E-state index < -0.39 is 33.7 Å². The Bertz CT molecular complexity index is 533. The Labute approximate surface area is 102 Å². The first-order chi connectivity index (χ1) is 8.32. The van der Waals surface area contributed by atoms with E-state index in [0.29, 0.717) is 0 Å². The molecule has 18 heavy (non-hydrogen) atoms. The second kappa shape index (κ2) is 5.83. The molecule has 0 aromatic heterocycles. The van der Waals surface area contributed by atoms with Crippen molar-refractivity contribution in [2.75, 3.05) is 6.54 Å². The SMILES string of the molecule is O=[N+]([O-])c1ccccc1CS(=O)(=O)NCC(F)F. The van der Waals surface area contributed by atoms with E-state index >= 15 is 0 Å². The second-order valence-corrected chi connectivity index (χ2v) is 5.19. The Morgan fingerprint density at radius 3 is 2.50 bits per heavy atom. The van der Waals surface area contributed by atoms with Crippen LogP contribution in [0.4, 0.5) is 14.5 Å². The van der Waals surface area contributed by atoms with Crippen LogP contribution in [0.15, 0.2) is 24.3 Å². The van der Waals surface area contributed by atoms with Crippen LogP contribution in [-0.2, 0) is 15.8 Å². The molecular weight excluding hydrogens is 270 g/mol. The maximum absolute atomic E-state index is 11.9. The van der Waals surface area contributed by atoms with Crippen LogP contribution in [0.2, 0.25) is 0 Å². The highest BCUT2D eigenvalue weighted by molar-refractivity contribution is 7.88. The normalized spacial score (nSPS) is 11.7. The van der Waals surface area contributed by atoms with Crippen LogP contribution in [0.3, 0.4) is 0 Å². The van der Waals surface area contributed by atoms with E-state index in [-0.39, 0.29) is 11.3 Å². The van der Waals surface area contributed by atoms with Gasteiger partial charge in [0, 0.05) is 11.6 Å². The number of alkyl halides is 2. The summed E-state index contributed by atoms with van der Waals surface area (Å²) in [4.78, 5) is 9.92. The maximum atomic E-state index is 11.9. The fourth-order valence-electron chi connectivity index (χ4n) is 1.26. The van der Waals surface area contributed by atoms with Crippen molar-refractivity contribution < 1.29 is 22.1 Å². The zero-order chi connectivity index (χ0) is 13.8. The van der Waals surface area contributed by atoms with Crippen LogP contribution in [0.5, 0.6) is 0 Å². The first-order valence-corrected chi connectivity index (χ1v) is 6.45. The van der Waals surface area contributed by atoms with E-state index in [1.165, 1.54) is 18.2 Å². The molecule has 0 amide bonds. The van der Waals surface area contributed by atoms with Crippen LogP contribution in [-0.4, -0.2) is 26.3 Å². The molecule has 9 heteroatoms. The molecule has 0 radical (unpaired) electrons. The minimum atomic E-state index is -4.02. The number of nitrogens with zero attached hydrogens (tertiary/aromatic N) is 1. The van der Waals surface area contributed by atoms with Crippen LogP contribution in [0.25, 0.3) is 0 Å². The van der Waals surface area contributed by atoms with Gasteiger partial charge in [-0.05, 0) is 0 Å². The fraction of sp³-hybridized carbons (Fsp3) is 0.333. The minimum Gasteiger partial charge on any atom is -0.258 e. The van der Waals surface area contributed by atoms with Gasteiger partial charge in [0.1, 0.15) is 0 Å². The van der Waals surface area contributed by atoms with Crippen molar-refractivity contribution in [3.8, 4) is 0 Å². The van der Waals surface area contributed by atoms with Crippen molar-refractivity contribution in [2.45, 2.75) is 12.2 Å². The first kappa shape index (κ1) is 14.5. The van der Waals surface area contributed by atoms with Crippen LogP contribution in [0.1, 0.15) is 5.56 Å². The van der Waals surface area contributed by atoms with Gasteiger partial charge in [0.15, 0.2) is 0 Å². The van der Waals surface area contributed by atoms with E-state index in [0.717, 1.165) is 6.07 Å². The second-order valence-electron chi connectivity index (χ2n) is 3.38. The van der Waals surface area contributed by atoms with Crippen molar-refractivity contribution in [1.29, 1.82) is 0 Å². The van der Waals surface area contributed by atoms with E-state index in [2.05, 4.69) is 0 Å². The number of nitrogens with one attached hydrogen (secondary N) is 1. The number of para-hydroxylation sites is 1. The van der Waals surface area contributed by atoms with Gasteiger partial charge in [-0.15, -0.1) is 0 Å². The van der Waals surface area contributed by atoms with E-state index in [4.69, 9.17) is 0 Å². The van der Waals surface area contributed by atoms with Gasteiger partial charge in [0.25, 0.3) is 12.1 Å². The van der Waals surface area contributed by atoms with Gasteiger partial charge in [-0.1, -0.05) is 18.2 Å². The predicted octanol–water partition coefficient (Wildman–Crippen LogP) is 1.28. The van der Waals surface area contributed by atoms with E-state index in [1.807, 2.05) is 0 Å². The molecule has 1 aromatic carbocycles. The Kier molecular flexibility index (Phi) is 4.68. The largest absolute Gasteiger partial charge is 0.273 e. The van der Waals surface area contributed by atoms with Crippen molar-refractivity contribution in [3.63, 3.8) is 0 Å². The Balaban J connectivity index is 2.87. The number of halogens is 2. The Morgan fingerprint density at radius 2 is 1.94 bits per heavy atom. The smallest absolute Gasteiger partial charge is 0.258 e. The van der Waals surface area contributed by atoms with E-state index in [1.54, 1.807) is 4.72 Å². The van der Waals surface area contributed by atoms with E-state index in [9.17, 15) is 27.3 Å². The summed E-state index contributed by atoms with van der Waals surface area (Å²) < 4.78 is 48.2. The third kappa shape index (κ3) is 4.34. The summed E-state index contributed by atoms with van der Waals surface area (Å²) in [5.41, 5.74) is -0.413. The molecule has 0 bridgehead atoms. The molecule has 0 aliphatic carbocycles. The van der Waals surface area contributed by atoms with Gasteiger partial charge in [-0.3, -0.25) is 10.1 Å². The topological polar surface area (TPSA) is 89.3 Å². The summed E-state index contributed by atoms with van der Waals surface area (Å²) in [5, 5.41) is 10.6. The summed E-state index contributed by atoms with van der Waals surface area (Å²) in [7, 11) is -4.02. The van der Waals surface area contributed by atoms with Crippen molar-refractivity contribution in [1.82, 2.24) is 4.72 Å². The first-order valence-electron chi connectivity index (χ1n) is 4.79. The lowest BCUT2D eigenvalue weighted by atomic mass is 10.2. The highest BCUT2D eigenvalue weighted by atomic mass is 32.2. The zero-order valence-electron chi connectivity index (χ0n) is 9.05. The monoisotopic (exact) mass is 280 g/mol. The highest BCUT2D eigenvalue weighted by Gasteiger charge is 2.20. The molecule has 6 nitrogen and oxygen atoms in total. The summed E-state index contributed by atoms with van der Waals surface area (Å²) in [6, 6.07) is 5.24. The number of nitro benzene ring substituents is 1. The van der Waals surface area contributed by atoms with Crippen LogP contribution < -0.4 is 4.72 Å². The third-order valence-electron chi connectivity index (χ3n) is 1.99. The predicted molar refractivity (Wildman–Crippen MR) is 59.7 cm³/mol. The van der Waals surface area contributed by atoms with Gasteiger partial charge in [0.05, 0.1) is 17.2 Å². The molecule has 0 heterocycles. The van der Waals surface area contributed by atoms with Crippen LogP contribution in [0, 0.1) is 10.1 Å². The Hall–Kier alpha value is -1.61. The van der Waals surface area contributed by atoms with Gasteiger partial charge in [0.2, 0.25) is 10.0 Å². The lowest BCUT2D eigenvalue weighted by Crippen LogP contribution is -2.29. The molecule has 0 spiro atoms. The molecule has 0 saturated heterocycles. The number of benzene rings is 1. The molecule has 0 fully saturated rings. The molecule has 100 valence electrons. The molecule has 1 rings (SSSR count). The number of sulfonamides is 1. The standard InChI is InChI=1S/C9H10F2N2O4S/c10-9(11)5-12-18(16,17)6-7-3-1-2-4-8(7)13(14)15/h1-4,9,12H,5-6H2. The van der Waals surface area contributed by atoms with Gasteiger partial charge >= 0.3 is 0 Å². The fourth-order valence-corrected chi connectivity index (χ4v) is 2.39. The number of nitro groups is 1. The molecule has 0 saturated carbocycles. The zero-order valence-corrected chi connectivity index (χ0v) is 9.86.